The van der Waals surface area contributed by atoms with E-state index in [1.807, 2.05) is 38.1 Å². The molecule has 0 aliphatic heterocycles. The van der Waals surface area contributed by atoms with Crippen LogP contribution in [0.3, 0.4) is 0 Å². The fourth-order valence-corrected chi connectivity index (χ4v) is 2.63. The molecule has 1 atom stereocenters. The molecule has 0 radical (unpaired) electrons. The second kappa shape index (κ2) is 8.13. The molecule has 6 heteroatoms. The molecule has 124 valence electrons. The summed E-state index contributed by atoms with van der Waals surface area (Å²) < 4.78 is 1.74. The van der Waals surface area contributed by atoms with E-state index in [1.165, 1.54) is 0 Å². The number of aryl methyl sites for hydroxylation is 1. The van der Waals surface area contributed by atoms with Crippen molar-refractivity contribution in [2.75, 3.05) is 6.61 Å². The average molecular weight is 336 g/mol. The molecule has 2 N–H and O–H groups in total. The molecule has 0 aliphatic carbocycles. The Hall–Kier alpha value is -1.85. The van der Waals surface area contributed by atoms with Crippen LogP contribution in [0, 0.1) is 6.92 Å². The maximum Gasteiger partial charge on any atom is 0.254 e. The first kappa shape index (κ1) is 17.5. The molecule has 1 aromatic carbocycles. The number of halogens is 1. The van der Waals surface area contributed by atoms with Gasteiger partial charge >= 0.3 is 0 Å². The first-order chi connectivity index (χ1) is 11.0. The minimum Gasteiger partial charge on any atom is -0.396 e. The number of carbonyl (C=O) groups is 1. The van der Waals surface area contributed by atoms with E-state index in [9.17, 15) is 4.79 Å². The Morgan fingerprint density at radius 2 is 2.26 bits per heavy atom. The molecular formula is C17H22ClN3O2. The number of aliphatic hydroxyl groups excluding tert-OH is 1. The molecule has 1 aromatic heterocycles. The normalized spacial score (nSPS) is 12.2. The summed E-state index contributed by atoms with van der Waals surface area (Å²) in [6.07, 6.45) is 3.18. The third-order valence-electron chi connectivity index (χ3n) is 3.60. The quantitative estimate of drug-likeness (QED) is 0.817. The Bertz CT molecular complexity index is 670. The lowest BCUT2D eigenvalue weighted by Gasteiger charge is -2.12. The van der Waals surface area contributed by atoms with Crippen LogP contribution in [0.4, 0.5) is 0 Å². The van der Waals surface area contributed by atoms with Gasteiger partial charge in [-0.3, -0.25) is 9.48 Å². The lowest BCUT2D eigenvalue weighted by molar-refractivity contribution is 0.0935. The molecular weight excluding hydrogens is 314 g/mol. The van der Waals surface area contributed by atoms with Crippen LogP contribution >= 0.6 is 11.6 Å². The van der Waals surface area contributed by atoms with E-state index in [2.05, 4.69) is 10.4 Å². The number of nitrogens with one attached hydrogen (secondary N) is 1. The molecule has 5 nitrogen and oxygen atoms in total. The summed E-state index contributed by atoms with van der Waals surface area (Å²) in [5.41, 5.74) is 2.30. The van der Waals surface area contributed by atoms with Gasteiger partial charge in [0.05, 0.1) is 17.8 Å². The molecule has 0 saturated carbocycles. The van der Waals surface area contributed by atoms with E-state index >= 15 is 0 Å². The predicted octanol–water partition coefficient (Wildman–Crippen LogP) is 2.78. The fraction of sp³-hybridized carbons (Fsp3) is 0.412. The number of aliphatic hydroxyl groups is 1. The van der Waals surface area contributed by atoms with E-state index in [0.29, 0.717) is 29.2 Å². The van der Waals surface area contributed by atoms with Gasteiger partial charge in [-0.2, -0.15) is 5.10 Å². The van der Waals surface area contributed by atoms with Crippen LogP contribution in [0.15, 0.2) is 30.5 Å². The highest BCUT2D eigenvalue weighted by molar-refractivity contribution is 6.30. The predicted molar refractivity (Wildman–Crippen MR) is 90.8 cm³/mol. The Labute approximate surface area is 141 Å². The number of aromatic nitrogens is 2. The number of hydrogen-bond acceptors (Lipinski definition) is 3. The van der Waals surface area contributed by atoms with Crippen LogP contribution in [0.25, 0.3) is 0 Å². The average Bonchev–Trinajstić information content (AvgIpc) is 2.85. The molecule has 2 aromatic rings. The van der Waals surface area contributed by atoms with Crippen molar-refractivity contribution in [1.29, 1.82) is 0 Å². The number of carbonyl (C=O) groups excluding carboxylic acids is 1. The van der Waals surface area contributed by atoms with Crippen molar-refractivity contribution in [1.82, 2.24) is 15.1 Å². The number of rotatable bonds is 7. The van der Waals surface area contributed by atoms with Gasteiger partial charge in [0, 0.05) is 23.9 Å². The number of nitrogens with zero attached hydrogens (tertiary/aromatic N) is 2. The highest BCUT2D eigenvalue weighted by Crippen LogP contribution is 2.13. The van der Waals surface area contributed by atoms with Crippen molar-refractivity contribution in [2.45, 2.75) is 39.3 Å². The Balaban J connectivity index is 2.04. The topological polar surface area (TPSA) is 67.2 Å². The summed E-state index contributed by atoms with van der Waals surface area (Å²) in [7, 11) is 0. The third-order valence-corrected chi connectivity index (χ3v) is 3.83. The second-order valence-electron chi connectivity index (χ2n) is 5.70. The summed E-state index contributed by atoms with van der Waals surface area (Å²) in [5, 5.41) is 16.9. The largest absolute Gasteiger partial charge is 0.396 e. The second-order valence-corrected chi connectivity index (χ2v) is 6.13. The number of amides is 1. The van der Waals surface area contributed by atoms with E-state index < -0.39 is 0 Å². The van der Waals surface area contributed by atoms with Gasteiger partial charge in [0.25, 0.3) is 5.91 Å². The molecule has 0 saturated heterocycles. The number of hydrogen-bond donors (Lipinski definition) is 2. The molecule has 2 rings (SSSR count). The monoisotopic (exact) mass is 335 g/mol. The lowest BCUT2D eigenvalue weighted by Crippen LogP contribution is -2.32. The Kier molecular flexibility index (Phi) is 6.19. The standard InChI is InChI=1S/C17H22ClN3O2/c1-12(5-4-8-22)19-17(23)16-11-21(20-13(16)2)10-14-6-3-7-15(18)9-14/h3,6-7,9,11-12,22H,4-5,8,10H2,1-2H3,(H,19,23). The first-order valence-corrected chi connectivity index (χ1v) is 8.07. The van der Waals surface area contributed by atoms with Crippen molar-refractivity contribution >= 4 is 17.5 Å². The minimum absolute atomic E-state index is 0.0188. The smallest absolute Gasteiger partial charge is 0.254 e. The van der Waals surface area contributed by atoms with Gasteiger partial charge < -0.3 is 10.4 Å². The zero-order chi connectivity index (χ0) is 16.8. The van der Waals surface area contributed by atoms with Crippen LogP contribution < -0.4 is 5.32 Å². The SMILES string of the molecule is Cc1nn(Cc2cccc(Cl)c2)cc1C(=O)NC(C)CCCO. The maximum atomic E-state index is 12.3. The summed E-state index contributed by atoms with van der Waals surface area (Å²) in [6, 6.07) is 7.59. The Morgan fingerprint density at radius 3 is 2.96 bits per heavy atom. The van der Waals surface area contributed by atoms with Gasteiger partial charge in [0.1, 0.15) is 0 Å². The van der Waals surface area contributed by atoms with Crippen molar-refractivity contribution in [3.63, 3.8) is 0 Å². The Morgan fingerprint density at radius 1 is 1.48 bits per heavy atom. The first-order valence-electron chi connectivity index (χ1n) is 7.70. The summed E-state index contributed by atoms with van der Waals surface area (Å²) in [4.78, 5) is 12.3. The van der Waals surface area contributed by atoms with E-state index in [1.54, 1.807) is 10.9 Å². The molecule has 1 heterocycles. The van der Waals surface area contributed by atoms with E-state index in [-0.39, 0.29) is 18.6 Å². The summed E-state index contributed by atoms with van der Waals surface area (Å²) >= 11 is 5.99. The van der Waals surface area contributed by atoms with Gasteiger partial charge in [0.2, 0.25) is 0 Å². The van der Waals surface area contributed by atoms with Gasteiger partial charge in [-0.15, -0.1) is 0 Å². The molecule has 0 bridgehead atoms. The third kappa shape index (κ3) is 5.08. The van der Waals surface area contributed by atoms with Crippen LogP contribution in [0.2, 0.25) is 5.02 Å². The van der Waals surface area contributed by atoms with Gasteiger partial charge in [0.15, 0.2) is 0 Å². The van der Waals surface area contributed by atoms with Crippen molar-refractivity contribution in [2.24, 2.45) is 0 Å². The molecule has 1 amide bonds. The van der Waals surface area contributed by atoms with Crippen molar-refractivity contribution in [3.05, 3.63) is 52.3 Å². The molecule has 0 spiro atoms. The maximum absolute atomic E-state index is 12.3. The lowest BCUT2D eigenvalue weighted by atomic mass is 10.1. The molecule has 0 aliphatic rings. The van der Waals surface area contributed by atoms with E-state index in [4.69, 9.17) is 16.7 Å². The molecule has 1 unspecified atom stereocenters. The van der Waals surface area contributed by atoms with Gasteiger partial charge in [-0.05, 0) is 44.4 Å². The summed E-state index contributed by atoms with van der Waals surface area (Å²) in [6.45, 7) is 4.45. The van der Waals surface area contributed by atoms with Crippen molar-refractivity contribution in [3.8, 4) is 0 Å². The minimum atomic E-state index is -0.134. The van der Waals surface area contributed by atoms with Crippen LogP contribution in [-0.4, -0.2) is 33.4 Å². The van der Waals surface area contributed by atoms with Crippen molar-refractivity contribution < 1.29 is 9.90 Å². The van der Waals surface area contributed by atoms with Crippen LogP contribution in [0.1, 0.15) is 41.4 Å². The van der Waals surface area contributed by atoms with Gasteiger partial charge in [-0.1, -0.05) is 23.7 Å². The highest BCUT2D eigenvalue weighted by atomic mass is 35.5. The van der Waals surface area contributed by atoms with Gasteiger partial charge in [-0.25, -0.2) is 0 Å². The summed E-state index contributed by atoms with van der Waals surface area (Å²) in [5.74, 6) is -0.134. The van der Waals surface area contributed by atoms with Crippen LogP contribution in [-0.2, 0) is 6.54 Å². The fourth-order valence-electron chi connectivity index (χ4n) is 2.42. The molecule has 0 fully saturated rings. The van der Waals surface area contributed by atoms with Crippen LogP contribution in [0.5, 0.6) is 0 Å². The highest BCUT2D eigenvalue weighted by Gasteiger charge is 2.15. The zero-order valence-electron chi connectivity index (χ0n) is 13.4. The number of benzene rings is 1. The molecule has 23 heavy (non-hydrogen) atoms. The zero-order valence-corrected chi connectivity index (χ0v) is 14.2. The van der Waals surface area contributed by atoms with E-state index in [0.717, 1.165) is 12.0 Å².